The highest BCUT2D eigenvalue weighted by Gasteiger charge is 2.14. The van der Waals surface area contributed by atoms with Crippen LogP contribution in [0.25, 0.3) is 11.4 Å². The van der Waals surface area contributed by atoms with Gasteiger partial charge in [-0.05, 0) is 18.2 Å². The van der Waals surface area contributed by atoms with Crippen LogP contribution in [0, 0.1) is 10.1 Å². The molecule has 0 unspecified atom stereocenters. The molecular weight excluding hydrogens is 230 g/mol. The standard InChI is InChI=1S/C10H6ClN3O2/c11-10-9(14(15)16)5-4-8(13-10)7-3-1-2-6-12-7/h1-6H. The molecule has 0 atom stereocenters. The van der Waals surface area contributed by atoms with Gasteiger partial charge >= 0.3 is 5.69 Å². The fourth-order valence-corrected chi connectivity index (χ4v) is 1.44. The molecule has 0 aliphatic heterocycles. The lowest BCUT2D eigenvalue weighted by atomic mass is 10.2. The van der Waals surface area contributed by atoms with E-state index in [0.717, 1.165) is 0 Å². The Kier molecular flexibility index (Phi) is 2.78. The highest BCUT2D eigenvalue weighted by atomic mass is 35.5. The van der Waals surface area contributed by atoms with Crippen molar-refractivity contribution in [2.24, 2.45) is 0 Å². The molecule has 0 spiro atoms. The molecule has 0 aliphatic rings. The van der Waals surface area contributed by atoms with Crippen molar-refractivity contribution in [3.05, 3.63) is 51.8 Å². The molecule has 0 saturated heterocycles. The number of nitro groups is 1. The second-order valence-electron chi connectivity index (χ2n) is 2.98. The van der Waals surface area contributed by atoms with E-state index >= 15 is 0 Å². The fraction of sp³-hybridized carbons (Fsp3) is 0. The van der Waals surface area contributed by atoms with Gasteiger partial charge in [-0.15, -0.1) is 0 Å². The lowest BCUT2D eigenvalue weighted by molar-refractivity contribution is -0.385. The number of hydrogen-bond donors (Lipinski definition) is 0. The minimum absolute atomic E-state index is 0.131. The number of pyridine rings is 2. The Morgan fingerprint density at radius 3 is 2.56 bits per heavy atom. The van der Waals surface area contributed by atoms with E-state index in [0.29, 0.717) is 11.4 Å². The summed E-state index contributed by atoms with van der Waals surface area (Å²) >= 11 is 5.69. The van der Waals surface area contributed by atoms with Gasteiger partial charge in [0.1, 0.15) is 0 Å². The third-order valence-electron chi connectivity index (χ3n) is 1.95. The van der Waals surface area contributed by atoms with Crippen molar-refractivity contribution in [3.8, 4) is 11.4 Å². The molecule has 0 fully saturated rings. The third kappa shape index (κ3) is 1.99. The first-order valence-electron chi connectivity index (χ1n) is 4.41. The molecule has 6 heteroatoms. The molecule has 0 aliphatic carbocycles. The van der Waals surface area contributed by atoms with E-state index in [-0.39, 0.29) is 10.8 Å². The van der Waals surface area contributed by atoms with Crippen LogP contribution in [0.1, 0.15) is 0 Å². The van der Waals surface area contributed by atoms with Gasteiger partial charge in [0.15, 0.2) is 0 Å². The molecule has 0 bridgehead atoms. The van der Waals surface area contributed by atoms with Gasteiger partial charge in [-0.3, -0.25) is 15.1 Å². The Hall–Kier alpha value is -2.01. The van der Waals surface area contributed by atoms with E-state index < -0.39 is 4.92 Å². The van der Waals surface area contributed by atoms with E-state index in [4.69, 9.17) is 11.6 Å². The quantitative estimate of drug-likeness (QED) is 0.456. The van der Waals surface area contributed by atoms with E-state index in [1.165, 1.54) is 12.1 Å². The zero-order valence-electron chi connectivity index (χ0n) is 8.00. The predicted octanol–water partition coefficient (Wildman–Crippen LogP) is 2.71. The maximum atomic E-state index is 10.5. The zero-order valence-corrected chi connectivity index (χ0v) is 8.76. The molecule has 0 saturated carbocycles. The molecule has 0 amide bonds. The molecule has 2 rings (SSSR count). The summed E-state index contributed by atoms with van der Waals surface area (Å²) in [6.07, 6.45) is 1.62. The number of rotatable bonds is 2. The third-order valence-corrected chi connectivity index (χ3v) is 2.23. The normalized spacial score (nSPS) is 10.1. The number of halogens is 1. The van der Waals surface area contributed by atoms with Crippen LogP contribution in [0.4, 0.5) is 5.69 Å². The molecule has 0 aromatic carbocycles. The Bertz CT molecular complexity index is 531. The summed E-state index contributed by atoms with van der Waals surface area (Å²) < 4.78 is 0. The van der Waals surface area contributed by atoms with E-state index in [1.54, 1.807) is 24.4 Å². The van der Waals surface area contributed by atoms with E-state index in [9.17, 15) is 10.1 Å². The van der Waals surface area contributed by atoms with Crippen LogP contribution >= 0.6 is 11.6 Å². The van der Waals surface area contributed by atoms with Crippen molar-refractivity contribution < 1.29 is 4.92 Å². The lowest BCUT2D eigenvalue weighted by Gasteiger charge is -2.00. The Balaban J connectivity index is 2.46. The van der Waals surface area contributed by atoms with Crippen LogP contribution < -0.4 is 0 Å². The fourth-order valence-electron chi connectivity index (χ4n) is 1.22. The predicted molar refractivity (Wildman–Crippen MR) is 59.1 cm³/mol. The van der Waals surface area contributed by atoms with E-state index in [1.807, 2.05) is 0 Å². The van der Waals surface area contributed by atoms with Gasteiger partial charge in [0, 0.05) is 12.3 Å². The summed E-state index contributed by atoms with van der Waals surface area (Å²) in [4.78, 5) is 18.0. The minimum atomic E-state index is -0.572. The van der Waals surface area contributed by atoms with Gasteiger partial charge in [-0.2, -0.15) is 0 Å². The topological polar surface area (TPSA) is 68.9 Å². The summed E-state index contributed by atoms with van der Waals surface area (Å²) in [5.74, 6) is 0. The van der Waals surface area contributed by atoms with Gasteiger partial charge in [0.05, 0.1) is 16.3 Å². The molecule has 5 nitrogen and oxygen atoms in total. The van der Waals surface area contributed by atoms with Gasteiger partial charge < -0.3 is 0 Å². The van der Waals surface area contributed by atoms with Gasteiger partial charge in [-0.1, -0.05) is 17.7 Å². The highest BCUT2D eigenvalue weighted by molar-refractivity contribution is 6.31. The van der Waals surface area contributed by atoms with Crippen molar-refractivity contribution in [1.82, 2.24) is 9.97 Å². The summed E-state index contributed by atoms with van der Waals surface area (Å²) in [6, 6.07) is 8.17. The molecule has 80 valence electrons. The second-order valence-corrected chi connectivity index (χ2v) is 3.34. The average molecular weight is 236 g/mol. The average Bonchev–Trinajstić information content (AvgIpc) is 2.29. The maximum Gasteiger partial charge on any atom is 0.306 e. The van der Waals surface area contributed by atoms with Crippen LogP contribution in [-0.4, -0.2) is 14.9 Å². The minimum Gasteiger partial charge on any atom is -0.258 e. The van der Waals surface area contributed by atoms with Gasteiger partial charge in [0.25, 0.3) is 0 Å². The Morgan fingerprint density at radius 2 is 2.00 bits per heavy atom. The Labute approximate surface area is 95.9 Å². The number of aromatic nitrogens is 2. The van der Waals surface area contributed by atoms with Crippen LogP contribution in [0.2, 0.25) is 5.15 Å². The monoisotopic (exact) mass is 235 g/mol. The number of hydrogen-bond acceptors (Lipinski definition) is 4. The number of nitrogens with zero attached hydrogens (tertiary/aromatic N) is 3. The molecule has 16 heavy (non-hydrogen) atoms. The smallest absolute Gasteiger partial charge is 0.258 e. The second kappa shape index (κ2) is 4.24. The van der Waals surface area contributed by atoms with Crippen LogP contribution in [0.5, 0.6) is 0 Å². The zero-order chi connectivity index (χ0) is 11.5. The molecule has 0 N–H and O–H groups in total. The first-order chi connectivity index (χ1) is 7.68. The SMILES string of the molecule is O=[N+]([O-])c1ccc(-c2ccccn2)nc1Cl. The Morgan fingerprint density at radius 1 is 1.19 bits per heavy atom. The molecule has 0 radical (unpaired) electrons. The highest BCUT2D eigenvalue weighted by Crippen LogP contribution is 2.25. The van der Waals surface area contributed by atoms with Crippen molar-refractivity contribution in [2.75, 3.05) is 0 Å². The summed E-state index contributed by atoms with van der Waals surface area (Å²) in [7, 11) is 0. The van der Waals surface area contributed by atoms with Crippen LogP contribution in [0.3, 0.4) is 0 Å². The molecule has 2 aromatic heterocycles. The van der Waals surface area contributed by atoms with Crippen LogP contribution in [-0.2, 0) is 0 Å². The largest absolute Gasteiger partial charge is 0.306 e. The first-order valence-corrected chi connectivity index (χ1v) is 4.78. The van der Waals surface area contributed by atoms with Crippen molar-refractivity contribution in [3.63, 3.8) is 0 Å². The van der Waals surface area contributed by atoms with Crippen molar-refractivity contribution in [2.45, 2.75) is 0 Å². The van der Waals surface area contributed by atoms with Gasteiger partial charge in [-0.25, -0.2) is 4.98 Å². The summed E-state index contributed by atoms with van der Waals surface area (Å²) in [5.41, 5.74) is 0.928. The first kappa shape index (κ1) is 10.5. The molecular formula is C10H6ClN3O2. The molecule has 2 heterocycles. The van der Waals surface area contributed by atoms with E-state index in [2.05, 4.69) is 9.97 Å². The maximum absolute atomic E-state index is 10.5. The van der Waals surface area contributed by atoms with Gasteiger partial charge in [0.2, 0.25) is 5.15 Å². The van der Waals surface area contributed by atoms with Crippen molar-refractivity contribution >= 4 is 17.3 Å². The van der Waals surface area contributed by atoms with Crippen molar-refractivity contribution in [1.29, 1.82) is 0 Å². The molecule has 2 aromatic rings. The van der Waals surface area contributed by atoms with Crippen LogP contribution in [0.15, 0.2) is 36.5 Å². The summed E-state index contributed by atoms with van der Waals surface area (Å²) in [5, 5.41) is 10.4. The lowest BCUT2D eigenvalue weighted by Crippen LogP contribution is -1.93. The summed E-state index contributed by atoms with van der Waals surface area (Å²) in [6.45, 7) is 0.